The lowest BCUT2D eigenvalue weighted by Crippen LogP contribution is -2.43. The molecule has 136 valence electrons. The summed E-state index contributed by atoms with van der Waals surface area (Å²) in [7, 11) is 3.20. The molecule has 0 N–H and O–H groups in total. The molecule has 0 bridgehead atoms. The molecule has 2 unspecified atom stereocenters. The molecular formula is C21H23NO4. The SMILES string of the molecule is CCOC(=O)C1N=C(Cc2ccccc2)C1c1ccc(OC)c(OC)c1. The van der Waals surface area contributed by atoms with Crippen LogP contribution in [-0.4, -0.2) is 38.5 Å². The van der Waals surface area contributed by atoms with Crippen LogP contribution < -0.4 is 9.47 Å². The monoisotopic (exact) mass is 353 g/mol. The van der Waals surface area contributed by atoms with Crippen molar-refractivity contribution in [3.63, 3.8) is 0 Å². The first-order valence-electron chi connectivity index (χ1n) is 8.67. The van der Waals surface area contributed by atoms with Crippen molar-refractivity contribution in [3.05, 3.63) is 59.7 Å². The second-order valence-corrected chi connectivity index (χ2v) is 6.07. The minimum Gasteiger partial charge on any atom is -0.493 e. The average Bonchev–Trinajstić information content (AvgIpc) is 2.65. The van der Waals surface area contributed by atoms with Crippen LogP contribution in [0.4, 0.5) is 0 Å². The average molecular weight is 353 g/mol. The Morgan fingerprint density at radius 2 is 1.77 bits per heavy atom. The number of carbonyl (C=O) groups excluding carboxylic acids is 1. The molecule has 3 rings (SSSR count). The van der Waals surface area contributed by atoms with Crippen molar-refractivity contribution in [2.45, 2.75) is 25.3 Å². The van der Waals surface area contributed by atoms with Gasteiger partial charge in [-0.2, -0.15) is 0 Å². The topological polar surface area (TPSA) is 57.1 Å². The van der Waals surface area contributed by atoms with E-state index >= 15 is 0 Å². The molecule has 0 radical (unpaired) electrons. The highest BCUT2D eigenvalue weighted by Gasteiger charge is 2.41. The second-order valence-electron chi connectivity index (χ2n) is 6.07. The Bertz CT molecular complexity index is 801. The van der Waals surface area contributed by atoms with E-state index in [0.29, 0.717) is 24.5 Å². The highest BCUT2D eigenvalue weighted by molar-refractivity contribution is 6.04. The van der Waals surface area contributed by atoms with E-state index in [1.54, 1.807) is 21.1 Å². The van der Waals surface area contributed by atoms with Crippen LogP contribution >= 0.6 is 0 Å². The summed E-state index contributed by atoms with van der Waals surface area (Å²) < 4.78 is 15.9. The summed E-state index contributed by atoms with van der Waals surface area (Å²) in [5, 5.41) is 0. The molecule has 0 aliphatic carbocycles. The normalized spacial score (nSPS) is 18.5. The van der Waals surface area contributed by atoms with Gasteiger partial charge in [0.1, 0.15) is 0 Å². The van der Waals surface area contributed by atoms with Crippen molar-refractivity contribution in [3.8, 4) is 11.5 Å². The Morgan fingerprint density at radius 3 is 2.42 bits per heavy atom. The second kappa shape index (κ2) is 8.04. The van der Waals surface area contributed by atoms with Crippen molar-refractivity contribution in [1.82, 2.24) is 0 Å². The fraction of sp³-hybridized carbons (Fsp3) is 0.333. The van der Waals surface area contributed by atoms with Crippen molar-refractivity contribution >= 4 is 11.7 Å². The van der Waals surface area contributed by atoms with Gasteiger partial charge in [0.15, 0.2) is 17.5 Å². The van der Waals surface area contributed by atoms with Gasteiger partial charge in [-0.15, -0.1) is 0 Å². The first-order valence-corrected chi connectivity index (χ1v) is 8.67. The maximum atomic E-state index is 12.3. The first kappa shape index (κ1) is 18.0. The smallest absolute Gasteiger partial charge is 0.331 e. The van der Waals surface area contributed by atoms with Gasteiger partial charge in [0.25, 0.3) is 0 Å². The highest BCUT2D eigenvalue weighted by atomic mass is 16.5. The van der Waals surface area contributed by atoms with Gasteiger partial charge in [-0.05, 0) is 30.2 Å². The summed E-state index contributed by atoms with van der Waals surface area (Å²) >= 11 is 0. The molecule has 0 fully saturated rings. The van der Waals surface area contributed by atoms with Gasteiger partial charge in [0.05, 0.1) is 26.7 Å². The zero-order chi connectivity index (χ0) is 18.5. The van der Waals surface area contributed by atoms with E-state index in [1.807, 2.05) is 36.4 Å². The van der Waals surface area contributed by atoms with Crippen molar-refractivity contribution in [2.24, 2.45) is 4.99 Å². The van der Waals surface area contributed by atoms with Gasteiger partial charge in [0, 0.05) is 12.1 Å². The minimum atomic E-state index is -0.508. The molecule has 0 spiro atoms. The Labute approximate surface area is 153 Å². The first-order chi connectivity index (χ1) is 12.7. The number of esters is 1. The largest absolute Gasteiger partial charge is 0.493 e. The zero-order valence-electron chi connectivity index (χ0n) is 15.3. The van der Waals surface area contributed by atoms with Crippen molar-refractivity contribution in [1.29, 1.82) is 0 Å². The number of carbonyl (C=O) groups is 1. The maximum Gasteiger partial charge on any atom is 0.331 e. The lowest BCUT2D eigenvalue weighted by Gasteiger charge is -2.34. The molecule has 5 heteroatoms. The van der Waals surface area contributed by atoms with Crippen LogP contribution in [0.5, 0.6) is 11.5 Å². The van der Waals surface area contributed by atoms with Crippen molar-refractivity contribution in [2.75, 3.05) is 20.8 Å². The standard InChI is InChI=1S/C21H23NO4/c1-4-26-21(23)20-19(15-10-11-17(24-2)18(13-15)25-3)16(22-20)12-14-8-6-5-7-9-14/h5-11,13,19-20H,4,12H2,1-3H3. The van der Waals surface area contributed by atoms with E-state index in [4.69, 9.17) is 14.2 Å². The number of hydrogen-bond donors (Lipinski definition) is 0. The van der Waals surface area contributed by atoms with Crippen LogP contribution in [0.1, 0.15) is 24.0 Å². The Balaban J connectivity index is 1.91. The molecule has 0 saturated carbocycles. The quantitative estimate of drug-likeness (QED) is 0.716. The Kier molecular flexibility index (Phi) is 5.56. The molecule has 26 heavy (non-hydrogen) atoms. The highest BCUT2D eigenvalue weighted by Crippen LogP contribution is 2.38. The molecule has 1 heterocycles. The third kappa shape index (κ3) is 3.57. The van der Waals surface area contributed by atoms with Gasteiger partial charge in [0.2, 0.25) is 0 Å². The molecule has 2 aromatic carbocycles. The van der Waals surface area contributed by atoms with E-state index in [9.17, 15) is 4.79 Å². The summed E-state index contributed by atoms with van der Waals surface area (Å²) in [6.07, 6.45) is 0.704. The van der Waals surface area contributed by atoms with Gasteiger partial charge in [-0.3, -0.25) is 4.99 Å². The van der Waals surface area contributed by atoms with E-state index in [1.165, 1.54) is 5.56 Å². The van der Waals surface area contributed by atoms with Crippen LogP contribution in [0, 0.1) is 0 Å². The van der Waals surface area contributed by atoms with Gasteiger partial charge < -0.3 is 14.2 Å². The third-order valence-electron chi connectivity index (χ3n) is 4.50. The molecule has 2 atom stereocenters. The number of aliphatic imine (C=N–C) groups is 1. The van der Waals surface area contributed by atoms with Crippen LogP contribution in [0.2, 0.25) is 0 Å². The van der Waals surface area contributed by atoms with Crippen molar-refractivity contribution < 1.29 is 19.0 Å². The van der Waals surface area contributed by atoms with Crippen LogP contribution in [0.15, 0.2) is 53.5 Å². The van der Waals surface area contributed by atoms with Crippen LogP contribution in [-0.2, 0) is 16.0 Å². The van der Waals surface area contributed by atoms with Crippen LogP contribution in [0.3, 0.4) is 0 Å². The summed E-state index contributed by atoms with van der Waals surface area (Å²) in [6, 6.07) is 15.3. The molecule has 0 amide bonds. The number of benzene rings is 2. The molecule has 1 aliphatic rings. The third-order valence-corrected chi connectivity index (χ3v) is 4.50. The number of ether oxygens (including phenoxy) is 3. The minimum absolute atomic E-state index is 0.117. The molecule has 0 aromatic heterocycles. The fourth-order valence-electron chi connectivity index (χ4n) is 3.23. The summed E-state index contributed by atoms with van der Waals surface area (Å²) in [5.41, 5.74) is 3.11. The summed E-state index contributed by atoms with van der Waals surface area (Å²) in [5.74, 6) is 0.890. The molecule has 2 aromatic rings. The lowest BCUT2D eigenvalue weighted by atomic mass is 9.79. The lowest BCUT2D eigenvalue weighted by molar-refractivity contribution is -0.145. The predicted molar refractivity (Wildman–Crippen MR) is 100 cm³/mol. The van der Waals surface area contributed by atoms with Gasteiger partial charge in [-0.25, -0.2) is 4.79 Å². The molecular weight excluding hydrogens is 330 g/mol. The van der Waals surface area contributed by atoms with Gasteiger partial charge in [-0.1, -0.05) is 36.4 Å². The number of hydrogen-bond acceptors (Lipinski definition) is 5. The van der Waals surface area contributed by atoms with Crippen LogP contribution in [0.25, 0.3) is 0 Å². The number of nitrogens with zero attached hydrogens (tertiary/aromatic N) is 1. The molecule has 1 aliphatic heterocycles. The Hall–Kier alpha value is -2.82. The van der Waals surface area contributed by atoms with E-state index < -0.39 is 6.04 Å². The molecule has 5 nitrogen and oxygen atoms in total. The number of rotatable bonds is 7. The number of methoxy groups -OCH3 is 2. The summed E-state index contributed by atoms with van der Waals surface area (Å²) in [6.45, 7) is 2.15. The van der Waals surface area contributed by atoms with Gasteiger partial charge >= 0.3 is 5.97 Å². The Morgan fingerprint density at radius 1 is 1.04 bits per heavy atom. The molecule has 0 saturated heterocycles. The summed E-state index contributed by atoms with van der Waals surface area (Å²) in [4.78, 5) is 16.9. The van der Waals surface area contributed by atoms with E-state index in [0.717, 1.165) is 11.3 Å². The maximum absolute atomic E-state index is 12.3. The zero-order valence-corrected chi connectivity index (χ0v) is 15.3. The van der Waals surface area contributed by atoms with E-state index in [-0.39, 0.29) is 11.9 Å². The fourth-order valence-corrected chi connectivity index (χ4v) is 3.23. The van der Waals surface area contributed by atoms with E-state index in [2.05, 4.69) is 17.1 Å². The predicted octanol–water partition coefficient (Wildman–Crippen LogP) is 3.42.